The number of ether oxygens (including phenoxy) is 2. The van der Waals surface area contributed by atoms with Crippen molar-refractivity contribution in [3.8, 4) is 11.5 Å². The van der Waals surface area contributed by atoms with Gasteiger partial charge in [0, 0.05) is 50.4 Å². The van der Waals surface area contributed by atoms with Gasteiger partial charge in [0.2, 0.25) is 0 Å². The third-order valence-electron chi connectivity index (χ3n) is 3.92. The van der Waals surface area contributed by atoms with Gasteiger partial charge in [0.25, 0.3) is 0 Å². The molecule has 21 heavy (non-hydrogen) atoms. The van der Waals surface area contributed by atoms with Gasteiger partial charge in [0.1, 0.15) is 17.3 Å². The van der Waals surface area contributed by atoms with Crippen LogP contribution in [0.5, 0.6) is 11.5 Å². The van der Waals surface area contributed by atoms with Crippen LogP contribution in [0.25, 0.3) is 0 Å². The predicted octanol–water partition coefficient (Wildman–Crippen LogP) is 2.08. The highest BCUT2D eigenvalue weighted by molar-refractivity contribution is 5.43. The molecule has 5 nitrogen and oxygen atoms in total. The third kappa shape index (κ3) is 3.03. The normalized spacial score (nSPS) is 17.1. The van der Waals surface area contributed by atoms with Crippen LogP contribution in [0.4, 0.5) is 0 Å². The zero-order valence-electron chi connectivity index (χ0n) is 12.5. The van der Waals surface area contributed by atoms with E-state index in [1.807, 2.05) is 31.6 Å². The van der Waals surface area contributed by atoms with Crippen LogP contribution in [-0.4, -0.2) is 29.8 Å². The Morgan fingerprint density at radius 3 is 3.14 bits per heavy atom. The van der Waals surface area contributed by atoms with Crippen LogP contribution in [0.15, 0.2) is 30.6 Å². The molecule has 0 saturated heterocycles. The first-order chi connectivity index (χ1) is 10.3. The van der Waals surface area contributed by atoms with Crippen molar-refractivity contribution in [1.82, 2.24) is 14.9 Å². The second-order valence-corrected chi connectivity index (χ2v) is 5.25. The standard InChI is InChI=1S/C16H21N3O2/c1-19-9-8-18-16(19)5-7-17-14-6-10-21-15-4-3-12(20-2)11-13(14)15/h3-4,8-9,11,14,17H,5-7,10H2,1-2H3. The van der Waals surface area contributed by atoms with Crippen LogP contribution >= 0.6 is 0 Å². The molecule has 0 amide bonds. The molecule has 0 fully saturated rings. The smallest absolute Gasteiger partial charge is 0.124 e. The van der Waals surface area contributed by atoms with Crippen LogP contribution < -0.4 is 14.8 Å². The molecule has 1 atom stereocenters. The zero-order chi connectivity index (χ0) is 14.7. The average Bonchev–Trinajstić information content (AvgIpc) is 2.92. The number of rotatable bonds is 5. The summed E-state index contributed by atoms with van der Waals surface area (Å²) in [5, 5.41) is 3.61. The van der Waals surface area contributed by atoms with E-state index in [-0.39, 0.29) is 0 Å². The van der Waals surface area contributed by atoms with Crippen LogP contribution in [0.2, 0.25) is 0 Å². The van der Waals surface area contributed by atoms with E-state index in [0.717, 1.165) is 43.3 Å². The highest BCUT2D eigenvalue weighted by Crippen LogP contribution is 2.34. The lowest BCUT2D eigenvalue weighted by Gasteiger charge is -2.27. The summed E-state index contributed by atoms with van der Waals surface area (Å²) < 4.78 is 13.1. The second kappa shape index (κ2) is 6.18. The molecule has 2 heterocycles. The Hall–Kier alpha value is -2.01. The molecule has 112 valence electrons. The number of nitrogens with zero attached hydrogens (tertiary/aromatic N) is 2. The van der Waals surface area contributed by atoms with Gasteiger partial charge in [-0.3, -0.25) is 0 Å². The number of benzene rings is 1. The van der Waals surface area contributed by atoms with Crippen LogP contribution in [0, 0.1) is 0 Å². The number of methoxy groups -OCH3 is 1. The maximum atomic E-state index is 5.71. The molecule has 1 aliphatic rings. The Labute approximate surface area is 124 Å². The number of hydrogen-bond acceptors (Lipinski definition) is 4. The maximum Gasteiger partial charge on any atom is 0.124 e. The summed E-state index contributed by atoms with van der Waals surface area (Å²) in [7, 11) is 3.71. The number of imidazole rings is 1. The van der Waals surface area contributed by atoms with Crippen LogP contribution in [-0.2, 0) is 13.5 Å². The minimum Gasteiger partial charge on any atom is -0.497 e. The number of aryl methyl sites for hydroxylation is 1. The average molecular weight is 287 g/mol. The van der Waals surface area contributed by atoms with Gasteiger partial charge in [-0.2, -0.15) is 0 Å². The summed E-state index contributed by atoms with van der Waals surface area (Å²) in [5.74, 6) is 2.92. The van der Waals surface area contributed by atoms with E-state index in [0.29, 0.717) is 6.04 Å². The summed E-state index contributed by atoms with van der Waals surface area (Å²) in [4.78, 5) is 4.35. The molecular weight excluding hydrogens is 266 g/mol. The monoisotopic (exact) mass is 287 g/mol. The van der Waals surface area contributed by atoms with E-state index in [9.17, 15) is 0 Å². The van der Waals surface area contributed by atoms with E-state index in [1.54, 1.807) is 7.11 Å². The molecule has 5 heteroatoms. The molecular formula is C16H21N3O2. The van der Waals surface area contributed by atoms with Gasteiger partial charge in [-0.1, -0.05) is 0 Å². The van der Waals surface area contributed by atoms with Crippen molar-refractivity contribution in [2.45, 2.75) is 18.9 Å². The molecule has 0 saturated carbocycles. The number of nitrogens with one attached hydrogen (secondary N) is 1. The van der Waals surface area contributed by atoms with Gasteiger partial charge in [-0.15, -0.1) is 0 Å². The summed E-state index contributed by atoms with van der Waals surface area (Å²) in [6, 6.07) is 6.30. The highest BCUT2D eigenvalue weighted by atomic mass is 16.5. The van der Waals surface area contributed by atoms with Crippen molar-refractivity contribution in [3.63, 3.8) is 0 Å². The molecule has 0 aliphatic carbocycles. The fraction of sp³-hybridized carbons (Fsp3) is 0.438. The first kappa shape index (κ1) is 13.9. The molecule has 0 radical (unpaired) electrons. The minimum absolute atomic E-state index is 0.309. The summed E-state index contributed by atoms with van der Waals surface area (Å²) in [6.07, 6.45) is 5.70. The lowest BCUT2D eigenvalue weighted by atomic mass is 10.00. The summed E-state index contributed by atoms with van der Waals surface area (Å²) in [5.41, 5.74) is 1.18. The summed E-state index contributed by atoms with van der Waals surface area (Å²) >= 11 is 0. The van der Waals surface area contributed by atoms with E-state index in [1.165, 1.54) is 5.56 Å². The number of fused-ring (bicyclic) bond motifs is 1. The van der Waals surface area contributed by atoms with Gasteiger partial charge < -0.3 is 19.4 Å². The van der Waals surface area contributed by atoms with Gasteiger partial charge >= 0.3 is 0 Å². The van der Waals surface area contributed by atoms with E-state index < -0.39 is 0 Å². The third-order valence-corrected chi connectivity index (χ3v) is 3.92. The maximum absolute atomic E-state index is 5.71. The Balaban J connectivity index is 1.66. The fourth-order valence-corrected chi connectivity index (χ4v) is 2.71. The Morgan fingerprint density at radius 2 is 2.38 bits per heavy atom. The predicted molar refractivity (Wildman–Crippen MR) is 80.8 cm³/mol. The number of aromatic nitrogens is 2. The number of hydrogen-bond donors (Lipinski definition) is 1. The molecule has 1 aliphatic heterocycles. The molecule has 2 aromatic rings. The summed E-state index contributed by atoms with van der Waals surface area (Å²) in [6.45, 7) is 1.64. The van der Waals surface area contributed by atoms with Gasteiger partial charge in [0.05, 0.1) is 13.7 Å². The van der Waals surface area contributed by atoms with E-state index in [2.05, 4.69) is 20.9 Å². The highest BCUT2D eigenvalue weighted by Gasteiger charge is 2.21. The molecule has 3 rings (SSSR count). The van der Waals surface area contributed by atoms with Crippen molar-refractivity contribution in [3.05, 3.63) is 42.0 Å². The van der Waals surface area contributed by atoms with E-state index in [4.69, 9.17) is 9.47 Å². The lowest BCUT2D eigenvalue weighted by Crippen LogP contribution is -2.29. The fourth-order valence-electron chi connectivity index (χ4n) is 2.71. The SMILES string of the molecule is COc1ccc2c(c1)C(NCCc1nccn1C)CCO2. The first-order valence-corrected chi connectivity index (χ1v) is 7.28. The van der Waals surface area contributed by atoms with Crippen molar-refractivity contribution in [1.29, 1.82) is 0 Å². The Morgan fingerprint density at radius 1 is 1.48 bits per heavy atom. The zero-order valence-corrected chi connectivity index (χ0v) is 12.5. The molecule has 0 bridgehead atoms. The molecule has 1 aromatic heterocycles. The molecule has 0 spiro atoms. The van der Waals surface area contributed by atoms with Crippen LogP contribution in [0.1, 0.15) is 23.9 Å². The topological polar surface area (TPSA) is 48.3 Å². The first-order valence-electron chi connectivity index (χ1n) is 7.28. The molecule has 1 unspecified atom stereocenters. The van der Waals surface area contributed by atoms with Crippen molar-refractivity contribution < 1.29 is 9.47 Å². The Kier molecular flexibility index (Phi) is 4.10. The molecule has 1 aromatic carbocycles. The Bertz CT molecular complexity index is 609. The van der Waals surface area contributed by atoms with Crippen molar-refractivity contribution in [2.24, 2.45) is 7.05 Å². The molecule has 1 N–H and O–H groups in total. The minimum atomic E-state index is 0.309. The largest absolute Gasteiger partial charge is 0.497 e. The van der Waals surface area contributed by atoms with Crippen molar-refractivity contribution >= 4 is 0 Å². The van der Waals surface area contributed by atoms with Crippen LogP contribution in [0.3, 0.4) is 0 Å². The van der Waals surface area contributed by atoms with Gasteiger partial charge in [0.15, 0.2) is 0 Å². The lowest BCUT2D eigenvalue weighted by molar-refractivity contribution is 0.252. The second-order valence-electron chi connectivity index (χ2n) is 5.25. The van der Waals surface area contributed by atoms with E-state index >= 15 is 0 Å². The van der Waals surface area contributed by atoms with Crippen molar-refractivity contribution in [2.75, 3.05) is 20.3 Å². The quantitative estimate of drug-likeness (QED) is 0.915. The van der Waals surface area contributed by atoms with Gasteiger partial charge in [-0.25, -0.2) is 4.98 Å². The van der Waals surface area contributed by atoms with Gasteiger partial charge in [-0.05, 0) is 18.2 Å².